The van der Waals surface area contributed by atoms with E-state index in [1.165, 1.54) is 11.2 Å². The van der Waals surface area contributed by atoms with Crippen LogP contribution < -0.4 is 10.6 Å². The number of piperidine rings is 1. The number of nitrogens with zero attached hydrogens (tertiary/aromatic N) is 3. The van der Waals surface area contributed by atoms with Crippen molar-refractivity contribution >= 4 is 16.7 Å². The summed E-state index contributed by atoms with van der Waals surface area (Å²) in [5, 5.41) is 0. The van der Waals surface area contributed by atoms with Crippen molar-refractivity contribution in [2.24, 2.45) is 12.8 Å². The van der Waals surface area contributed by atoms with Gasteiger partial charge in [0.1, 0.15) is 5.52 Å². The van der Waals surface area contributed by atoms with E-state index in [9.17, 15) is 0 Å². The first-order chi connectivity index (χ1) is 8.25. The molecule has 1 aliphatic heterocycles. The first kappa shape index (κ1) is 10.6. The smallest absolute Gasteiger partial charge is 0.111 e. The molecule has 0 saturated carbocycles. The van der Waals surface area contributed by atoms with Gasteiger partial charge in [-0.05, 0) is 25.0 Å². The fraction of sp³-hybridized carbons (Fsp3) is 0.462. The maximum atomic E-state index is 5.95. The van der Waals surface area contributed by atoms with Gasteiger partial charge in [0.25, 0.3) is 0 Å². The van der Waals surface area contributed by atoms with E-state index >= 15 is 0 Å². The minimum Gasteiger partial charge on any atom is -0.368 e. The highest BCUT2D eigenvalue weighted by Crippen LogP contribution is 2.28. The second-order valence-electron chi connectivity index (χ2n) is 4.82. The Labute approximate surface area is 101 Å². The molecule has 0 bridgehead atoms. The molecule has 2 aromatic rings. The van der Waals surface area contributed by atoms with Crippen LogP contribution in [-0.4, -0.2) is 28.7 Å². The molecule has 2 N–H and O–H groups in total. The van der Waals surface area contributed by atoms with Gasteiger partial charge in [-0.1, -0.05) is 0 Å². The van der Waals surface area contributed by atoms with Gasteiger partial charge in [0.15, 0.2) is 0 Å². The van der Waals surface area contributed by atoms with Crippen LogP contribution in [0.25, 0.3) is 11.0 Å². The summed E-state index contributed by atoms with van der Waals surface area (Å²) in [6, 6.07) is 4.47. The van der Waals surface area contributed by atoms with Gasteiger partial charge in [-0.15, -0.1) is 0 Å². The van der Waals surface area contributed by atoms with Crippen LogP contribution >= 0.6 is 0 Å². The zero-order chi connectivity index (χ0) is 11.8. The van der Waals surface area contributed by atoms with Crippen LogP contribution in [0.3, 0.4) is 0 Å². The maximum Gasteiger partial charge on any atom is 0.111 e. The number of rotatable bonds is 1. The lowest BCUT2D eigenvalue weighted by atomic mass is 10.1. The second-order valence-corrected chi connectivity index (χ2v) is 4.82. The number of hydrogen-bond donors (Lipinski definition) is 1. The highest BCUT2D eigenvalue weighted by atomic mass is 15.2. The third-order valence-corrected chi connectivity index (χ3v) is 3.61. The molecule has 4 heteroatoms. The molecule has 2 aromatic heterocycles. The molecule has 0 atom stereocenters. The Hall–Kier alpha value is -1.55. The van der Waals surface area contributed by atoms with Crippen LogP contribution in [-0.2, 0) is 7.05 Å². The second kappa shape index (κ2) is 4.04. The number of aryl methyl sites for hydroxylation is 1. The van der Waals surface area contributed by atoms with Gasteiger partial charge in [0.05, 0.1) is 11.2 Å². The molecule has 1 saturated heterocycles. The Kier molecular flexibility index (Phi) is 2.52. The molecule has 17 heavy (non-hydrogen) atoms. The molecular weight excluding hydrogens is 212 g/mol. The fourth-order valence-electron chi connectivity index (χ4n) is 2.56. The van der Waals surface area contributed by atoms with Crippen LogP contribution in [0.15, 0.2) is 24.5 Å². The van der Waals surface area contributed by atoms with Crippen molar-refractivity contribution in [1.82, 2.24) is 9.55 Å². The summed E-state index contributed by atoms with van der Waals surface area (Å²) in [6.45, 7) is 2.08. The number of nitrogens with two attached hydrogens (primary N) is 1. The van der Waals surface area contributed by atoms with Crippen LogP contribution in [0.1, 0.15) is 12.8 Å². The van der Waals surface area contributed by atoms with E-state index in [2.05, 4.69) is 33.8 Å². The molecule has 3 heterocycles. The Morgan fingerprint density at radius 2 is 2.12 bits per heavy atom. The number of hydrogen-bond acceptors (Lipinski definition) is 3. The van der Waals surface area contributed by atoms with E-state index in [1.54, 1.807) is 0 Å². The lowest BCUT2D eigenvalue weighted by Crippen LogP contribution is -2.39. The van der Waals surface area contributed by atoms with Crippen LogP contribution in [0.5, 0.6) is 0 Å². The monoisotopic (exact) mass is 230 g/mol. The Balaban J connectivity index is 2.00. The van der Waals surface area contributed by atoms with Crippen LogP contribution in [0.4, 0.5) is 5.69 Å². The van der Waals surface area contributed by atoms with E-state index in [4.69, 9.17) is 5.73 Å². The maximum absolute atomic E-state index is 5.95. The fourth-order valence-corrected chi connectivity index (χ4v) is 2.56. The van der Waals surface area contributed by atoms with Crippen molar-refractivity contribution in [3.8, 4) is 0 Å². The SMILES string of the molecule is Cn1cc(N2CCC(N)CC2)c2ncccc21. The third-order valence-electron chi connectivity index (χ3n) is 3.61. The zero-order valence-corrected chi connectivity index (χ0v) is 10.1. The topological polar surface area (TPSA) is 47.1 Å². The van der Waals surface area contributed by atoms with Crippen molar-refractivity contribution in [3.63, 3.8) is 0 Å². The van der Waals surface area contributed by atoms with Crippen molar-refractivity contribution in [2.75, 3.05) is 18.0 Å². The van der Waals surface area contributed by atoms with Crippen molar-refractivity contribution < 1.29 is 0 Å². The van der Waals surface area contributed by atoms with Gasteiger partial charge < -0.3 is 15.2 Å². The Morgan fingerprint density at radius 1 is 1.35 bits per heavy atom. The summed E-state index contributed by atoms with van der Waals surface area (Å²) in [7, 11) is 2.07. The van der Waals surface area contributed by atoms with E-state index in [0.29, 0.717) is 6.04 Å². The van der Waals surface area contributed by atoms with Crippen molar-refractivity contribution in [1.29, 1.82) is 0 Å². The number of pyridine rings is 1. The molecule has 3 rings (SSSR count). The highest BCUT2D eigenvalue weighted by Gasteiger charge is 2.19. The highest BCUT2D eigenvalue weighted by molar-refractivity contribution is 5.89. The molecular formula is C13H18N4. The van der Waals surface area contributed by atoms with Crippen molar-refractivity contribution in [2.45, 2.75) is 18.9 Å². The summed E-state index contributed by atoms with van der Waals surface area (Å²) < 4.78 is 2.15. The van der Waals surface area contributed by atoms with E-state index < -0.39 is 0 Å². The van der Waals surface area contributed by atoms with E-state index in [1.807, 2.05) is 12.3 Å². The molecule has 0 spiro atoms. The average molecular weight is 230 g/mol. The largest absolute Gasteiger partial charge is 0.368 e. The zero-order valence-electron chi connectivity index (χ0n) is 10.1. The minimum atomic E-state index is 0.370. The summed E-state index contributed by atoms with van der Waals surface area (Å²) in [5.41, 5.74) is 9.49. The van der Waals surface area contributed by atoms with Gasteiger partial charge in [-0.25, -0.2) is 0 Å². The predicted octanol–water partition coefficient (Wildman–Crippen LogP) is 1.50. The summed E-state index contributed by atoms with van der Waals surface area (Å²) in [4.78, 5) is 6.90. The van der Waals surface area contributed by atoms with Gasteiger partial charge >= 0.3 is 0 Å². The third kappa shape index (κ3) is 1.78. The lowest BCUT2D eigenvalue weighted by Gasteiger charge is -2.31. The number of anilines is 1. The first-order valence-corrected chi connectivity index (χ1v) is 6.16. The molecule has 4 nitrogen and oxygen atoms in total. The molecule has 1 fully saturated rings. The van der Waals surface area contributed by atoms with Crippen molar-refractivity contribution in [3.05, 3.63) is 24.5 Å². The standard InChI is InChI=1S/C13H18N4/c1-16-9-12(13-11(16)3-2-6-15-13)17-7-4-10(14)5-8-17/h2-3,6,9-10H,4-5,7-8,14H2,1H3. The summed E-state index contributed by atoms with van der Waals surface area (Å²) in [6.07, 6.45) is 6.18. The van der Waals surface area contributed by atoms with Gasteiger partial charge in [0.2, 0.25) is 0 Å². The normalized spacial score (nSPS) is 17.9. The summed E-state index contributed by atoms with van der Waals surface area (Å²) in [5.74, 6) is 0. The Morgan fingerprint density at radius 3 is 2.88 bits per heavy atom. The van der Waals surface area contributed by atoms with E-state index in [-0.39, 0.29) is 0 Å². The molecule has 0 unspecified atom stereocenters. The minimum absolute atomic E-state index is 0.370. The molecule has 90 valence electrons. The quantitative estimate of drug-likeness (QED) is 0.807. The van der Waals surface area contributed by atoms with Gasteiger partial charge in [-0.2, -0.15) is 0 Å². The number of aromatic nitrogens is 2. The van der Waals surface area contributed by atoms with Crippen LogP contribution in [0, 0.1) is 0 Å². The van der Waals surface area contributed by atoms with Crippen LogP contribution in [0.2, 0.25) is 0 Å². The summed E-state index contributed by atoms with van der Waals surface area (Å²) >= 11 is 0. The average Bonchev–Trinajstić information content (AvgIpc) is 2.69. The number of fused-ring (bicyclic) bond motifs is 1. The Bertz CT molecular complexity index is 523. The first-order valence-electron chi connectivity index (χ1n) is 6.16. The van der Waals surface area contributed by atoms with Gasteiger partial charge in [-0.3, -0.25) is 4.98 Å². The lowest BCUT2D eigenvalue weighted by molar-refractivity contribution is 0.501. The molecule has 0 aromatic carbocycles. The molecule has 0 aliphatic carbocycles. The van der Waals surface area contributed by atoms with Gasteiger partial charge in [0, 0.05) is 38.6 Å². The molecule has 0 amide bonds. The predicted molar refractivity (Wildman–Crippen MR) is 70.1 cm³/mol. The molecule has 1 aliphatic rings. The van der Waals surface area contributed by atoms with E-state index in [0.717, 1.165) is 31.4 Å². The molecule has 0 radical (unpaired) electrons.